The highest BCUT2D eigenvalue weighted by atomic mass is 32.2. The summed E-state index contributed by atoms with van der Waals surface area (Å²) in [5, 5.41) is 2.74. The smallest absolute Gasteiger partial charge is 0.233 e. The molecule has 0 spiro atoms. The number of pyridine rings is 1. The van der Waals surface area contributed by atoms with Gasteiger partial charge < -0.3 is 20.2 Å². The third-order valence-corrected chi connectivity index (χ3v) is 5.62. The highest BCUT2D eigenvalue weighted by Gasteiger charge is 2.16. The monoisotopic (exact) mass is 503 g/mol. The molecular weight excluding hydrogens is 483 g/mol. The van der Waals surface area contributed by atoms with E-state index in [0.717, 1.165) is 17.8 Å². The number of oxazole rings is 1. The van der Waals surface area contributed by atoms with Gasteiger partial charge in [-0.25, -0.2) is 38.1 Å². The molecule has 9 nitrogen and oxygen atoms in total. The number of halogens is 3. The summed E-state index contributed by atoms with van der Waals surface area (Å²) in [7, 11) is 0. The van der Waals surface area contributed by atoms with Crippen LogP contribution in [-0.2, 0) is 13.0 Å². The predicted molar refractivity (Wildman–Crippen MR) is 126 cm³/mol. The molecule has 0 radical (unpaired) electrons. The van der Waals surface area contributed by atoms with Crippen molar-refractivity contribution in [2.75, 3.05) is 12.1 Å². The maximum Gasteiger partial charge on any atom is 0.233 e. The highest BCUT2D eigenvalue weighted by molar-refractivity contribution is 8.14. The number of amidine groups is 1. The largest absolute Gasteiger partial charge is 0.467 e. The Bertz CT molecular complexity index is 1340. The van der Waals surface area contributed by atoms with Crippen molar-refractivity contribution in [2.24, 2.45) is 10.7 Å². The number of nitrogens with two attached hydrogens (primary N) is 1. The first-order valence-corrected chi connectivity index (χ1v) is 11.2. The number of anilines is 2. The van der Waals surface area contributed by atoms with E-state index in [9.17, 15) is 13.2 Å². The van der Waals surface area contributed by atoms with Crippen molar-refractivity contribution in [3.05, 3.63) is 66.1 Å². The summed E-state index contributed by atoms with van der Waals surface area (Å²) in [4.78, 5) is 20.4. The Labute approximate surface area is 202 Å². The molecule has 0 saturated heterocycles. The Morgan fingerprint density at radius 1 is 1.26 bits per heavy atom. The van der Waals surface area contributed by atoms with E-state index in [-0.39, 0.29) is 40.6 Å². The number of fused-ring (bicyclic) bond motifs is 1. The van der Waals surface area contributed by atoms with Crippen molar-refractivity contribution < 1.29 is 22.3 Å². The lowest BCUT2D eigenvalue weighted by atomic mass is 10.1. The number of nitrogens with zero attached hydrogens (tertiary/aromatic N) is 5. The molecule has 0 unspecified atom stereocenters. The first-order chi connectivity index (χ1) is 16.9. The van der Waals surface area contributed by atoms with Crippen LogP contribution in [0.25, 0.3) is 11.0 Å². The Balaban J connectivity index is 1.53. The quantitative estimate of drug-likeness (QED) is 0.193. The average molecular weight is 504 g/mol. The van der Waals surface area contributed by atoms with E-state index in [1.807, 2.05) is 0 Å². The molecule has 0 aliphatic heterocycles. The van der Waals surface area contributed by atoms with E-state index in [1.165, 1.54) is 30.9 Å². The van der Waals surface area contributed by atoms with Gasteiger partial charge in [-0.3, -0.25) is 0 Å². The number of benzene rings is 1. The molecule has 4 rings (SSSR count). The van der Waals surface area contributed by atoms with Crippen LogP contribution in [0.4, 0.5) is 24.7 Å². The summed E-state index contributed by atoms with van der Waals surface area (Å²) in [5.74, 6) is -1.05. The normalized spacial score (nSPS) is 12.6. The van der Waals surface area contributed by atoms with Crippen LogP contribution < -0.4 is 15.8 Å². The van der Waals surface area contributed by atoms with Gasteiger partial charge in [0, 0.05) is 23.2 Å². The van der Waals surface area contributed by atoms with E-state index in [0.29, 0.717) is 22.7 Å². The molecule has 3 aromatic heterocycles. The third kappa shape index (κ3) is 6.18. The van der Waals surface area contributed by atoms with Crippen molar-refractivity contribution >= 4 is 39.5 Å². The zero-order valence-electron chi connectivity index (χ0n) is 18.4. The first kappa shape index (κ1) is 24.3. The number of rotatable bonds is 9. The lowest BCUT2D eigenvalue weighted by Crippen LogP contribution is -2.14. The van der Waals surface area contributed by atoms with Gasteiger partial charge in [-0.05, 0) is 24.1 Å². The Hall–Kier alpha value is -3.87. The molecule has 182 valence electrons. The predicted octanol–water partition coefficient (Wildman–Crippen LogP) is 4.52. The SMILES string of the molecule is C[C@H](Cc1cc(Nc2nccc3nc(OCc4ncco4)cnc23)cc(F)c1F)SC(N)=NCF. The van der Waals surface area contributed by atoms with Crippen LogP contribution in [0.3, 0.4) is 0 Å². The minimum Gasteiger partial charge on any atom is -0.467 e. The second-order valence-corrected chi connectivity index (χ2v) is 8.71. The van der Waals surface area contributed by atoms with E-state index in [2.05, 4.69) is 30.2 Å². The minimum absolute atomic E-state index is 0.0393. The van der Waals surface area contributed by atoms with Gasteiger partial charge in [0.2, 0.25) is 11.8 Å². The van der Waals surface area contributed by atoms with E-state index in [1.54, 1.807) is 13.0 Å². The molecule has 1 atom stereocenters. The summed E-state index contributed by atoms with van der Waals surface area (Å²) in [6, 6.07) is 4.14. The number of aliphatic imine (C=N–C) groups is 1. The third-order valence-electron chi connectivity index (χ3n) is 4.68. The van der Waals surface area contributed by atoms with Crippen LogP contribution in [0.5, 0.6) is 5.88 Å². The molecule has 0 fully saturated rings. The van der Waals surface area contributed by atoms with Gasteiger partial charge in [-0.1, -0.05) is 18.7 Å². The Kier molecular flexibility index (Phi) is 7.65. The van der Waals surface area contributed by atoms with Gasteiger partial charge in [0.25, 0.3) is 0 Å². The molecule has 4 aromatic rings. The summed E-state index contributed by atoms with van der Waals surface area (Å²) >= 11 is 1.08. The summed E-state index contributed by atoms with van der Waals surface area (Å²) < 4.78 is 51.7. The zero-order valence-corrected chi connectivity index (χ0v) is 19.2. The van der Waals surface area contributed by atoms with Gasteiger partial charge >= 0.3 is 0 Å². The standard InChI is InChI=1S/C22H20F3N7O2S/c1-12(35-22(26)30-11-23)6-13-7-14(8-15(24)19(13)25)31-21-20-16(2-3-28-21)32-17(9-29-20)34-10-18-27-4-5-33-18/h2-5,7-9,12H,6,10-11H2,1H3,(H2,26,30)(H,28,31)/t12-/m1/s1. The molecule has 3 N–H and O–H groups in total. The van der Waals surface area contributed by atoms with Crippen LogP contribution >= 0.6 is 11.8 Å². The Morgan fingerprint density at radius 2 is 2.11 bits per heavy atom. The zero-order chi connectivity index (χ0) is 24.8. The fourth-order valence-electron chi connectivity index (χ4n) is 3.21. The van der Waals surface area contributed by atoms with Crippen LogP contribution in [0.15, 0.2) is 52.5 Å². The minimum atomic E-state index is -1.03. The second kappa shape index (κ2) is 11.0. The Morgan fingerprint density at radius 3 is 2.89 bits per heavy atom. The number of alkyl halides is 1. The van der Waals surface area contributed by atoms with Gasteiger partial charge in [0.05, 0.1) is 17.9 Å². The van der Waals surface area contributed by atoms with Crippen molar-refractivity contribution in [3.63, 3.8) is 0 Å². The van der Waals surface area contributed by atoms with Crippen LogP contribution in [0, 0.1) is 11.6 Å². The van der Waals surface area contributed by atoms with E-state index < -0.39 is 18.4 Å². The van der Waals surface area contributed by atoms with Crippen LogP contribution in [0.2, 0.25) is 0 Å². The first-order valence-electron chi connectivity index (χ1n) is 10.3. The van der Waals surface area contributed by atoms with Gasteiger partial charge in [0.15, 0.2) is 36.0 Å². The molecule has 3 heterocycles. The molecule has 0 bridgehead atoms. The fraction of sp³-hybridized carbons (Fsp3) is 0.227. The lowest BCUT2D eigenvalue weighted by molar-refractivity contribution is 0.253. The van der Waals surface area contributed by atoms with Crippen molar-refractivity contribution in [1.29, 1.82) is 0 Å². The molecule has 0 aliphatic carbocycles. The molecule has 0 amide bonds. The maximum atomic E-state index is 14.4. The van der Waals surface area contributed by atoms with E-state index >= 15 is 0 Å². The molecule has 1 aromatic carbocycles. The number of nitrogens with one attached hydrogen (secondary N) is 1. The number of ether oxygens (including phenoxy) is 1. The average Bonchev–Trinajstić information content (AvgIpc) is 3.35. The van der Waals surface area contributed by atoms with Gasteiger partial charge in [0.1, 0.15) is 11.8 Å². The van der Waals surface area contributed by atoms with Crippen LogP contribution in [0.1, 0.15) is 18.4 Å². The molecular formula is C22H20F3N7O2S. The van der Waals surface area contributed by atoms with Crippen molar-refractivity contribution in [3.8, 4) is 5.88 Å². The fourth-order valence-corrected chi connectivity index (χ4v) is 4.01. The number of aromatic nitrogens is 4. The highest BCUT2D eigenvalue weighted by Crippen LogP contribution is 2.27. The van der Waals surface area contributed by atoms with Crippen molar-refractivity contribution in [1.82, 2.24) is 19.9 Å². The summed E-state index contributed by atoms with van der Waals surface area (Å²) in [6.07, 6.45) is 6.00. The number of hydrogen-bond acceptors (Lipinski definition) is 9. The van der Waals surface area contributed by atoms with E-state index in [4.69, 9.17) is 14.9 Å². The van der Waals surface area contributed by atoms with Gasteiger partial charge in [-0.15, -0.1) is 0 Å². The maximum absolute atomic E-state index is 14.4. The topological polar surface area (TPSA) is 124 Å². The van der Waals surface area contributed by atoms with Crippen molar-refractivity contribution in [2.45, 2.75) is 25.2 Å². The second-order valence-electron chi connectivity index (χ2n) is 7.25. The molecule has 0 saturated carbocycles. The molecule has 35 heavy (non-hydrogen) atoms. The molecule has 13 heteroatoms. The summed E-state index contributed by atoms with van der Waals surface area (Å²) in [5.41, 5.74) is 6.87. The van der Waals surface area contributed by atoms with Crippen LogP contribution in [-0.4, -0.2) is 37.2 Å². The van der Waals surface area contributed by atoms with Gasteiger partial charge in [-0.2, -0.15) is 0 Å². The summed E-state index contributed by atoms with van der Waals surface area (Å²) in [6.45, 7) is 0.902. The lowest BCUT2D eigenvalue weighted by Gasteiger charge is -2.14. The number of thioether (sulfide) groups is 1. The molecule has 0 aliphatic rings. The number of hydrogen-bond donors (Lipinski definition) is 2.